The average molecular weight is 584 g/mol. The van der Waals surface area contributed by atoms with E-state index in [1.54, 1.807) is 45.9 Å². The minimum absolute atomic E-state index is 0.236. The highest BCUT2D eigenvalue weighted by Crippen LogP contribution is 2.46. The highest BCUT2D eigenvalue weighted by Gasteiger charge is 2.35. The average Bonchev–Trinajstić information content (AvgIpc) is 3.25. The number of nitrogens with two attached hydrogens (primary N) is 1. The van der Waals surface area contributed by atoms with Crippen LogP contribution < -0.4 is 15.3 Å². The Morgan fingerprint density at radius 3 is 2.56 bits per heavy atom. The van der Waals surface area contributed by atoms with Crippen LogP contribution in [0.4, 0.5) is 5.82 Å². The van der Waals surface area contributed by atoms with Gasteiger partial charge in [-0.3, -0.25) is 9.32 Å². The van der Waals surface area contributed by atoms with Gasteiger partial charge in [0.1, 0.15) is 29.7 Å². The van der Waals surface area contributed by atoms with Crippen LogP contribution in [-0.2, 0) is 36.5 Å². The number of hydrogen-bond donors (Lipinski definition) is 2. The molecule has 0 fully saturated rings. The normalized spacial score (nSPS) is 14.7. The molecule has 0 aliphatic heterocycles. The number of nitrogen functional groups attached to an aromatic ring is 1. The maximum atomic E-state index is 14.2. The molecule has 4 aromatic rings. The summed E-state index contributed by atoms with van der Waals surface area (Å²) >= 11 is 0. The van der Waals surface area contributed by atoms with Crippen LogP contribution in [0.3, 0.4) is 0 Å². The third-order valence-corrected chi connectivity index (χ3v) is 7.95. The summed E-state index contributed by atoms with van der Waals surface area (Å²) in [5.41, 5.74) is 9.27. The van der Waals surface area contributed by atoms with Gasteiger partial charge in [-0.15, -0.1) is 0 Å². The number of rotatable bonds is 13. The largest absolute Gasteiger partial charge is 0.462 e. The predicted molar refractivity (Wildman–Crippen MR) is 159 cm³/mol. The molecule has 0 spiro atoms. The van der Waals surface area contributed by atoms with Gasteiger partial charge < -0.3 is 24.3 Å². The summed E-state index contributed by atoms with van der Waals surface area (Å²) in [7, 11) is -4.10. The second-order valence-electron chi connectivity index (χ2n) is 10.1. The Hall–Kier alpha value is -3.50. The molecule has 11 nitrogen and oxygen atoms in total. The van der Waals surface area contributed by atoms with E-state index in [0.29, 0.717) is 29.5 Å². The zero-order valence-corrected chi connectivity index (χ0v) is 25.2. The fourth-order valence-electron chi connectivity index (χ4n) is 4.45. The summed E-state index contributed by atoms with van der Waals surface area (Å²) in [6, 6.07) is 13.8. The predicted octanol–water partition coefficient (Wildman–Crippen LogP) is 5.53. The molecule has 3 atom stereocenters. The first-order valence-electron chi connectivity index (χ1n) is 13.6. The Kier molecular flexibility index (Phi) is 9.65. The lowest BCUT2D eigenvalue weighted by molar-refractivity contribution is -0.149. The van der Waals surface area contributed by atoms with Gasteiger partial charge in [0.25, 0.3) is 0 Å². The lowest BCUT2D eigenvalue weighted by Crippen LogP contribution is -2.37. The zero-order chi connectivity index (χ0) is 29.7. The van der Waals surface area contributed by atoms with Gasteiger partial charge in [0, 0.05) is 12.0 Å². The summed E-state index contributed by atoms with van der Waals surface area (Å²) < 4.78 is 39.1. The number of aryl methyl sites for hydroxylation is 1. The van der Waals surface area contributed by atoms with Crippen LogP contribution >= 0.6 is 7.75 Å². The number of hydrogen-bond acceptors (Lipinski definition) is 9. The molecular formula is C29H38N5O6P. The number of esters is 1. The van der Waals surface area contributed by atoms with Crippen LogP contribution in [0.25, 0.3) is 21.9 Å². The molecule has 0 amide bonds. The van der Waals surface area contributed by atoms with E-state index in [2.05, 4.69) is 10.1 Å². The van der Waals surface area contributed by atoms with Crippen molar-refractivity contribution in [3.05, 3.63) is 59.9 Å². The number of nitrogens with one attached hydrogen (secondary N) is 1. The van der Waals surface area contributed by atoms with Crippen molar-refractivity contribution >= 4 is 41.5 Å². The summed E-state index contributed by atoms with van der Waals surface area (Å²) in [5.74, 6) is 0.695. The number of fused-ring (bicyclic) bond motifs is 3. The van der Waals surface area contributed by atoms with Gasteiger partial charge in [0.2, 0.25) is 0 Å². The van der Waals surface area contributed by atoms with Crippen molar-refractivity contribution < 1.29 is 27.9 Å². The van der Waals surface area contributed by atoms with Gasteiger partial charge in [-0.1, -0.05) is 30.3 Å². The van der Waals surface area contributed by atoms with Crippen molar-refractivity contribution in [3.63, 3.8) is 0 Å². The Balaban J connectivity index is 1.69. The number of nitrogens with zero attached hydrogens (tertiary/aromatic N) is 3. The molecular weight excluding hydrogens is 545 g/mol. The Morgan fingerprint density at radius 1 is 1.10 bits per heavy atom. The molecule has 0 saturated heterocycles. The van der Waals surface area contributed by atoms with Crippen molar-refractivity contribution in [3.8, 4) is 5.75 Å². The molecule has 2 aromatic heterocycles. The first-order chi connectivity index (χ1) is 19.5. The van der Waals surface area contributed by atoms with E-state index in [4.69, 9.17) is 29.2 Å². The number of aromatic nitrogens is 3. The van der Waals surface area contributed by atoms with Crippen LogP contribution in [0.5, 0.6) is 5.75 Å². The summed E-state index contributed by atoms with van der Waals surface area (Å²) in [5, 5.41) is 3.62. The van der Waals surface area contributed by atoms with Gasteiger partial charge in [0.15, 0.2) is 5.82 Å². The number of imidazole rings is 1. The number of anilines is 1. The summed E-state index contributed by atoms with van der Waals surface area (Å²) in [4.78, 5) is 21.8. The number of carbonyl (C=O) groups excluding carboxylic acids is 1. The Morgan fingerprint density at radius 2 is 1.85 bits per heavy atom. The van der Waals surface area contributed by atoms with Crippen molar-refractivity contribution in [2.24, 2.45) is 0 Å². The van der Waals surface area contributed by atoms with Crippen LogP contribution in [0.2, 0.25) is 0 Å². The molecule has 41 heavy (non-hydrogen) atoms. The fourth-order valence-corrected chi connectivity index (χ4v) is 6.11. The van der Waals surface area contributed by atoms with Gasteiger partial charge in [0.05, 0.1) is 29.8 Å². The molecule has 0 aliphatic carbocycles. The molecule has 4 rings (SSSR count). The second-order valence-corrected chi connectivity index (χ2v) is 11.8. The highest BCUT2D eigenvalue weighted by atomic mass is 31.2. The van der Waals surface area contributed by atoms with Gasteiger partial charge >= 0.3 is 13.7 Å². The van der Waals surface area contributed by atoms with Crippen molar-refractivity contribution in [2.45, 2.75) is 72.9 Å². The molecule has 2 heterocycles. The van der Waals surface area contributed by atoms with E-state index < -0.39 is 25.9 Å². The molecule has 0 unspecified atom stereocenters. The standard InChI is InChI=1S/C29H38N5O6P/c1-7-37-17-25-32-26-27(23-13-8-9-14-24(23)31-28(26)30)34(25)16-20(5)39-41(36,33-21(6)29(35)38-18(2)3)40-22-12-10-11-19(4)15-22/h8-15,18,20-21H,7,16-17H2,1-6H3,(H2,30,31)(H,33,36)/t20-,21+,41-/m1/s1. The van der Waals surface area contributed by atoms with E-state index in [0.717, 1.165) is 22.0 Å². The van der Waals surface area contributed by atoms with Crippen molar-refractivity contribution in [1.29, 1.82) is 0 Å². The second kappa shape index (κ2) is 13.0. The fraction of sp³-hybridized carbons (Fsp3) is 0.414. The molecule has 0 bridgehead atoms. The third kappa shape index (κ3) is 7.42. The summed E-state index contributed by atoms with van der Waals surface area (Å²) in [6.07, 6.45) is -1.00. The number of carbonyl (C=O) groups is 1. The van der Waals surface area contributed by atoms with E-state index in [1.807, 2.05) is 48.7 Å². The van der Waals surface area contributed by atoms with Crippen molar-refractivity contribution in [1.82, 2.24) is 19.6 Å². The zero-order valence-electron chi connectivity index (χ0n) is 24.3. The minimum Gasteiger partial charge on any atom is -0.462 e. The molecule has 220 valence electrons. The molecule has 0 aliphatic rings. The van der Waals surface area contributed by atoms with E-state index in [-0.39, 0.29) is 19.3 Å². The highest BCUT2D eigenvalue weighted by molar-refractivity contribution is 7.52. The summed E-state index contributed by atoms with van der Waals surface area (Å²) in [6.45, 7) is 11.6. The number of para-hydroxylation sites is 1. The Labute approximate surface area is 239 Å². The van der Waals surface area contributed by atoms with Gasteiger partial charge in [-0.25, -0.2) is 14.5 Å². The molecule has 3 N–H and O–H groups in total. The van der Waals surface area contributed by atoms with E-state index >= 15 is 0 Å². The number of ether oxygens (including phenoxy) is 2. The van der Waals surface area contributed by atoms with Crippen LogP contribution in [0.1, 0.15) is 46.0 Å². The van der Waals surface area contributed by atoms with Crippen LogP contribution in [0, 0.1) is 6.92 Å². The SMILES string of the molecule is CCOCc1nc2c(N)nc3ccccc3c2n1C[C@@H](C)O[P@](=O)(N[C@@H](C)C(=O)OC(C)C)Oc1cccc(C)c1. The van der Waals surface area contributed by atoms with Crippen molar-refractivity contribution in [2.75, 3.05) is 12.3 Å². The lowest BCUT2D eigenvalue weighted by atomic mass is 10.2. The topological polar surface area (TPSA) is 140 Å². The van der Waals surface area contributed by atoms with Crippen LogP contribution in [-0.4, -0.2) is 45.4 Å². The number of benzene rings is 2. The number of pyridine rings is 1. The lowest BCUT2D eigenvalue weighted by Gasteiger charge is -2.26. The molecule has 0 saturated carbocycles. The minimum atomic E-state index is -4.10. The smallest absolute Gasteiger partial charge is 0.459 e. The Bertz CT molecular complexity index is 1570. The molecule has 12 heteroatoms. The van der Waals surface area contributed by atoms with E-state index in [1.165, 1.54) is 0 Å². The van der Waals surface area contributed by atoms with E-state index in [9.17, 15) is 9.36 Å². The third-order valence-electron chi connectivity index (χ3n) is 6.16. The molecule has 2 aromatic carbocycles. The quantitative estimate of drug-likeness (QED) is 0.152. The van der Waals surface area contributed by atoms with Gasteiger partial charge in [-0.2, -0.15) is 5.09 Å². The van der Waals surface area contributed by atoms with Gasteiger partial charge in [-0.05, 0) is 65.3 Å². The maximum Gasteiger partial charge on any atom is 0.459 e. The first-order valence-corrected chi connectivity index (χ1v) is 15.2. The first kappa shape index (κ1) is 30.5. The molecule has 0 radical (unpaired) electrons. The monoisotopic (exact) mass is 583 g/mol. The van der Waals surface area contributed by atoms with Crippen LogP contribution in [0.15, 0.2) is 48.5 Å². The maximum absolute atomic E-state index is 14.2.